The molecule has 2 unspecified atom stereocenters. The Balaban J connectivity index is 2.55. The van der Waals surface area contributed by atoms with Crippen LogP contribution in [0, 0.1) is 17.3 Å². The zero-order chi connectivity index (χ0) is 9.90. The molecule has 1 saturated carbocycles. The monoisotopic (exact) mass is 182 g/mol. The number of hydrogen-bond donors (Lipinski definition) is 0. The molecule has 0 spiro atoms. The first-order chi connectivity index (χ1) is 6.10. The SMILES string of the molecule is CCC1CCCC(C(C)(C)C=O)C1. The van der Waals surface area contributed by atoms with Crippen LogP contribution in [0.15, 0.2) is 0 Å². The fourth-order valence-electron chi connectivity index (χ4n) is 2.43. The van der Waals surface area contributed by atoms with Crippen molar-refractivity contribution < 1.29 is 4.79 Å². The second kappa shape index (κ2) is 4.26. The summed E-state index contributed by atoms with van der Waals surface area (Å²) >= 11 is 0. The molecule has 1 nitrogen and oxygen atoms in total. The highest BCUT2D eigenvalue weighted by molar-refractivity contribution is 5.58. The van der Waals surface area contributed by atoms with Gasteiger partial charge in [0.1, 0.15) is 6.29 Å². The van der Waals surface area contributed by atoms with Crippen LogP contribution in [-0.2, 0) is 4.79 Å². The van der Waals surface area contributed by atoms with Crippen LogP contribution in [0.4, 0.5) is 0 Å². The fourth-order valence-corrected chi connectivity index (χ4v) is 2.43. The Morgan fingerprint density at radius 1 is 1.38 bits per heavy atom. The van der Waals surface area contributed by atoms with Gasteiger partial charge in [0.25, 0.3) is 0 Å². The van der Waals surface area contributed by atoms with E-state index in [0.29, 0.717) is 5.92 Å². The van der Waals surface area contributed by atoms with Gasteiger partial charge in [0, 0.05) is 5.41 Å². The van der Waals surface area contributed by atoms with Crippen LogP contribution in [-0.4, -0.2) is 6.29 Å². The van der Waals surface area contributed by atoms with Gasteiger partial charge in [0.05, 0.1) is 0 Å². The molecule has 1 rings (SSSR count). The molecule has 0 N–H and O–H groups in total. The van der Waals surface area contributed by atoms with Crippen molar-refractivity contribution >= 4 is 6.29 Å². The molecule has 0 saturated heterocycles. The Bertz CT molecular complexity index is 172. The first-order valence-corrected chi connectivity index (χ1v) is 5.56. The molecular formula is C12H22O. The van der Waals surface area contributed by atoms with E-state index in [1.165, 1.54) is 32.1 Å². The van der Waals surface area contributed by atoms with Crippen molar-refractivity contribution in [1.29, 1.82) is 0 Å². The molecular weight excluding hydrogens is 160 g/mol. The van der Waals surface area contributed by atoms with Gasteiger partial charge in [0.15, 0.2) is 0 Å². The van der Waals surface area contributed by atoms with E-state index in [-0.39, 0.29) is 5.41 Å². The molecule has 0 aromatic rings. The standard InChI is InChI=1S/C12H22O/c1-4-10-6-5-7-11(8-10)12(2,3)9-13/h9-11H,4-8H2,1-3H3. The third-order valence-corrected chi connectivity index (χ3v) is 3.72. The number of carbonyl (C=O) groups is 1. The predicted molar refractivity (Wildman–Crippen MR) is 55.6 cm³/mol. The Hall–Kier alpha value is -0.330. The Morgan fingerprint density at radius 2 is 2.08 bits per heavy atom. The summed E-state index contributed by atoms with van der Waals surface area (Å²) in [5, 5.41) is 0. The molecule has 13 heavy (non-hydrogen) atoms. The lowest BCUT2D eigenvalue weighted by Gasteiger charge is -2.36. The van der Waals surface area contributed by atoms with E-state index in [2.05, 4.69) is 20.8 Å². The Labute approximate surface area is 81.9 Å². The molecule has 1 heteroatoms. The summed E-state index contributed by atoms with van der Waals surface area (Å²) in [6.07, 6.45) is 7.65. The third kappa shape index (κ3) is 2.55. The van der Waals surface area contributed by atoms with Gasteiger partial charge in [-0.05, 0) is 24.7 Å². The Morgan fingerprint density at radius 3 is 2.62 bits per heavy atom. The lowest BCUT2D eigenvalue weighted by atomic mass is 9.68. The van der Waals surface area contributed by atoms with Crippen LogP contribution >= 0.6 is 0 Å². The van der Waals surface area contributed by atoms with Gasteiger partial charge in [0.2, 0.25) is 0 Å². The summed E-state index contributed by atoms with van der Waals surface area (Å²) in [7, 11) is 0. The van der Waals surface area contributed by atoms with Crippen LogP contribution in [0.1, 0.15) is 52.9 Å². The Kier molecular flexibility index (Phi) is 3.52. The molecule has 0 aromatic carbocycles. The topological polar surface area (TPSA) is 17.1 Å². The highest BCUT2D eigenvalue weighted by Gasteiger charge is 2.32. The van der Waals surface area contributed by atoms with Gasteiger partial charge < -0.3 is 4.79 Å². The minimum absolute atomic E-state index is 0.0894. The average Bonchev–Trinajstić information content (AvgIpc) is 2.18. The molecule has 0 aromatic heterocycles. The molecule has 1 aliphatic rings. The average molecular weight is 182 g/mol. The van der Waals surface area contributed by atoms with E-state index in [0.717, 1.165) is 12.2 Å². The second-order valence-corrected chi connectivity index (χ2v) is 5.08. The van der Waals surface area contributed by atoms with E-state index in [1.807, 2.05) is 0 Å². The van der Waals surface area contributed by atoms with Gasteiger partial charge in [-0.3, -0.25) is 0 Å². The number of hydrogen-bond acceptors (Lipinski definition) is 1. The summed E-state index contributed by atoms with van der Waals surface area (Å²) in [6.45, 7) is 6.44. The molecule has 1 aliphatic carbocycles. The van der Waals surface area contributed by atoms with Crippen molar-refractivity contribution in [3.8, 4) is 0 Å². The van der Waals surface area contributed by atoms with Crippen molar-refractivity contribution in [3.05, 3.63) is 0 Å². The molecule has 0 heterocycles. The molecule has 0 aliphatic heterocycles. The molecule has 0 radical (unpaired) electrons. The summed E-state index contributed by atoms with van der Waals surface area (Å²) in [5.41, 5.74) is -0.0894. The van der Waals surface area contributed by atoms with Crippen molar-refractivity contribution in [3.63, 3.8) is 0 Å². The molecule has 0 amide bonds. The van der Waals surface area contributed by atoms with Crippen molar-refractivity contribution in [2.45, 2.75) is 52.9 Å². The lowest BCUT2D eigenvalue weighted by molar-refractivity contribution is -0.118. The normalized spacial score (nSPS) is 30.1. The fraction of sp³-hybridized carbons (Fsp3) is 0.917. The van der Waals surface area contributed by atoms with Gasteiger partial charge in [-0.1, -0.05) is 40.0 Å². The van der Waals surface area contributed by atoms with Gasteiger partial charge >= 0.3 is 0 Å². The second-order valence-electron chi connectivity index (χ2n) is 5.08. The zero-order valence-electron chi connectivity index (χ0n) is 9.18. The summed E-state index contributed by atoms with van der Waals surface area (Å²) in [5.74, 6) is 1.50. The van der Waals surface area contributed by atoms with Crippen LogP contribution < -0.4 is 0 Å². The highest BCUT2D eigenvalue weighted by Crippen LogP contribution is 2.40. The van der Waals surface area contributed by atoms with Crippen molar-refractivity contribution in [2.75, 3.05) is 0 Å². The summed E-state index contributed by atoms with van der Waals surface area (Å²) < 4.78 is 0. The van der Waals surface area contributed by atoms with E-state index >= 15 is 0 Å². The largest absolute Gasteiger partial charge is 0.303 e. The molecule has 2 atom stereocenters. The lowest BCUT2D eigenvalue weighted by Crippen LogP contribution is -2.30. The van der Waals surface area contributed by atoms with E-state index in [1.54, 1.807) is 0 Å². The van der Waals surface area contributed by atoms with Crippen LogP contribution in [0.5, 0.6) is 0 Å². The quantitative estimate of drug-likeness (QED) is 0.611. The first kappa shape index (κ1) is 10.7. The van der Waals surface area contributed by atoms with Gasteiger partial charge in [-0.2, -0.15) is 0 Å². The van der Waals surface area contributed by atoms with E-state index in [4.69, 9.17) is 0 Å². The van der Waals surface area contributed by atoms with Crippen molar-refractivity contribution in [2.24, 2.45) is 17.3 Å². The van der Waals surface area contributed by atoms with Gasteiger partial charge in [-0.25, -0.2) is 0 Å². The first-order valence-electron chi connectivity index (χ1n) is 5.56. The number of rotatable bonds is 3. The van der Waals surface area contributed by atoms with Crippen molar-refractivity contribution in [1.82, 2.24) is 0 Å². The maximum atomic E-state index is 10.9. The molecule has 76 valence electrons. The number of carbonyl (C=O) groups excluding carboxylic acids is 1. The number of aldehydes is 1. The maximum absolute atomic E-state index is 10.9. The van der Waals surface area contributed by atoms with Crippen LogP contribution in [0.2, 0.25) is 0 Å². The highest BCUT2D eigenvalue weighted by atomic mass is 16.1. The summed E-state index contributed by atoms with van der Waals surface area (Å²) in [6, 6.07) is 0. The summed E-state index contributed by atoms with van der Waals surface area (Å²) in [4.78, 5) is 10.9. The minimum Gasteiger partial charge on any atom is -0.303 e. The predicted octanol–water partition coefficient (Wildman–Crippen LogP) is 3.43. The van der Waals surface area contributed by atoms with Gasteiger partial charge in [-0.15, -0.1) is 0 Å². The smallest absolute Gasteiger partial charge is 0.125 e. The molecule has 0 bridgehead atoms. The van der Waals surface area contributed by atoms with Crippen LogP contribution in [0.3, 0.4) is 0 Å². The van der Waals surface area contributed by atoms with E-state index < -0.39 is 0 Å². The minimum atomic E-state index is -0.0894. The van der Waals surface area contributed by atoms with E-state index in [9.17, 15) is 4.79 Å². The molecule has 1 fully saturated rings. The zero-order valence-corrected chi connectivity index (χ0v) is 9.18. The maximum Gasteiger partial charge on any atom is 0.125 e. The van der Waals surface area contributed by atoms with Crippen LogP contribution in [0.25, 0.3) is 0 Å². The third-order valence-electron chi connectivity index (χ3n) is 3.72.